The minimum absolute atomic E-state index is 0.0735. The molecule has 3 aromatic rings. The van der Waals surface area contributed by atoms with Crippen molar-refractivity contribution in [1.82, 2.24) is 4.90 Å². The second-order valence-corrected chi connectivity index (χ2v) is 8.51. The summed E-state index contributed by atoms with van der Waals surface area (Å²) in [4.78, 5) is 17.5. The Morgan fingerprint density at radius 3 is 2.28 bits per heavy atom. The van der Waals surface area contributed by atoms with E-state index in [9.17, 15) is 4.79 Å². The molecule has 0 aliphatic carbocycles. The molecule has 1 N–H and O–H groups in total. The molecule has 3 aromatic carbocycles. The van der Waals surface area contributed by atoms with Gasteiger partial charge >= 0.3 is 0 Å². The minimum atomic E-state index is -0.0735. The Labute approximate surface area is 177 Å². The third-order valence-corrected chi connectivity index (χ3v) is 6.26. The monoisotopic (exact) mass is 402 g/mol. The van der Waals surface area contributed by atoms with Gasteiger partial charge in [0.05, 0.1) is 5.69 Å². The lowest BCUT2D eigenvalue weighted by Gasteiger charge is -2.26. The zero-order valence-corrected chi connectivity index (χ0v) is 17.3. The van der Waals surface area contributed by atoms with Crippen LogP contribution in [0.25, 0.3) is 0 Å². The van der Waals surface area contributed by atoms with E-state index in [2.05, 4.69) is 34.5 Å². The number of hydrogen-bond acceptors (Lipinski definition) is 3. The number of para-hydroxylation sites is 1. The van der Waals surface area contributed by atoms with E-state index in [-0.39, 0.29) is 5.91 Å². The maximum absolute atomic E-state index is 12.8. The van der Waals surface area contributed by atoms with Gasteiger partial charge in [-0.2, -0.15) is 0 Å². The molecule has 0 unspecified atom stereocenters. The normalized spacial score (nSPS) is 14.5. The Balaban J connectivity index is 1.41. The lowest BCUT2D eigenvalue weighted by molar-refractivity contribution is 0.102. The number of hydrogen-bond donors (Lipinski definition) is 1. The lowest BCUT2D eigenvalue weighted by atomic mass is 10.1. The molecule has 0 aromatic heterocycles. The van der Waals surface area contributed by atoms with E-state index in [1.54, 1.807) is 11.8 Å². The van der Waals surface area contributed by atoms with Crippen LogP contribution in [0.5, 0.6) is 0 Å². The molecule has 0 bridgehead atoms. The summed E-state index contributed by atoms with van der Waals surface area (Å²) in [7, 11) is 0. The van der Waals surface area contributed by atoms with Crippen molar-refractivity contribution in [2.75, 3.05) is 18.4 Å². The fourth-order valence-electron chi connectivity index (χ4n) is 3.61. The van der Waals surface area contributed by atoms with E-state index in [0.29, 0.717) is 5.56 Å². The van der Waals surface area contributed by atoms with Crippen LogP contribution in [0.15, 0.2) is 88.7 Å². The van der Waals surface area contributed by atoms with Gasteiger partial charge in [-0.3, -0.25) is 9.69 Å². The molecule has 0 spiro atoms. The first-order valence-corrected chi connectivity index (χ1v) is 11.0. The second-order valence-electron chi connectivity index (χ2n) is 7.40. The minimum Gasteiger partial charge on any atom is -0.321 e. The quantitative estimate of drug-likeness (QED) is 0.543. The highest BCUT2D eigenvalue weighted by atomic mass is 32.2. The standard InChI is InChI=1S/C25H26N2OS/c28-25(21-15-13-20(14-16-21)19-27-17-7-2-8-18-27)26-23-11-5-6-12-24(23)29-22-9-3-1-4-10-22/h1,3-6,9-16H,2,7-8,17-19H2,(H,26,28). The van der Waals surface area contributed by atoms with Gasteiger partial charge in [-0.1, -0.05) is 60.6 Å². The molecule has 3 nitrogen and oxygen atoms in total. The van der Waals surface area contributed by atoms with E-state index in [0.717, 1.165) is 22.0 Å². The van der Waals surface area contributed by atoms with Crippen LogP contribution in [-0.4, -0.2) is 23.9 Å². The summed E-state index contributed by atoms with van der Waals surface area (Å²) < 4.78 is 0. The molecule has 29 heavy (non-hydrogen) atoms. The predicted octanol–water partition coefficient (Wildman–Crippen LogP) is 6.08. The molecule has 1 aliphatic heterocycles. The maximum Gasteiger partial charge on any atom is 0.255 e. The molecule has 0 saturated carbocycles. The zero-order valence-electron chi connectivity index (χ0n) is 16.5. The Bertz CT molecular complexity index is 935. The number of carbonyl (C=O) groups is 1. The first-order valence-electron chi connectivity index (χ1n) is 10.2. The van der Waals surface area contributed by atoms with Crippen molar-refractivity contribution in [1.29, 1.82) is 0 Å². The molecule has 1 fully saturated rings. The van der Waals surface area contributed by atoms with Gasteiger partial charge < -0.3 is 5.32 Å². The molecule has 1 saturated heterocycles. The topological polar surface area (TPSA) is 32.3 Å². The van der Waals surface area contributed by atoms with Crippen molar-refractivity contribution in [2.24, 2.45) is 0 Å². The average Bonchev–Trinajstić information content (AvgIpc) is 2.77. The third kappa shape index (κ3) is 5.49. The molecule has 0 atom stereocenters. The van der Waals surface area contributed by atoms with Gasteiger partial charge in [0.15, 0.2) is 0 Å². The van der Waals surface area contributed by atoms with Crippen LogP contribution < -0.4 is 5.32 Å². The summed E-state index contributed by atoms with van der Waals surface area (Å²) in [6.07, 6.45) is 3.93. The number of likely N-dealkylation sites (tertiary alicyclic amines) is 1. The third-order valence-electron chi connectivity index (χ3n) is 5.18. The summed E-state index contributed by atoms with van der Waals surface area (Å²) >= 11 is 1.65. The summed E-state index contributed by atoms with van der Waals surface area (Å²) in [5.41, 5.74) is 2.79. The Morgan fingerprint density at radius 2 is 1.52 bits per heavy atom. The van der Waals surface area contributed by atoms with Crippen LogP contribution in [0.1, 0.15) is 35.2 Å². The predicted molar refractivity (Wildman–Crippen MR) is 121 cm³/mol. The van der Waals surface area contributed by atoms with Crippen LogP contribution in [0, 0.1) is 0 Å². The first-order chi connectivity index (χ1) is 14.3. The number of piperidine rings is 1. The van der Waals surface area contributed by atoms with E-state index in [4.69, 9.17) is 0 Å². The smallest absolute Gasteiger partial charge is 0.255 e. The molecule has 148 valence electrons. The highest BCUT2D eigenvalue weighted by molar-refractivity contribution is 7.99. The molecular weight excluding hydrogens is 376 g/mol. The molecule has 4 rings (SSSR count). The zero-order chi connectivity index (χ0) is 19.9. The Hall–Kier alpha value is -2.56. The molecule has 1 amide bonds. The number of anilines is 1. The van der Waals surface area contributed by atoms with Crippen LogP contribution in [0.4, 0.5) is 5.69 Å². The fraction of sp³-hybridized carbons (Fsp3) is 0.240. The highest BCUT2D eigenvalue weighted by Gasteiger charge is 2.12. The van der Waals surface area contributed by atoms with Gasteiger partial charge in [-0.05, 0) is 67.9 Å². The van der Waals surface area contributed by atoms with Crippen molar-refractivity contribution in [2.45, 2.75) is 35.6 Å². The van der Waals surface area contributed by atoms with E-state index >= 15 is 0 Å². The number of benzene rings is 3. The first kappa shape index (κ1) is 19.7. The average molecular weight is 403 g/mol. The van der Waals surface area contributed by atoms with Gasteiger partial charge in [-0.15, -0.1) is 0 Å². The number of carbonyl (C=O) groups excluding carboxylic acids is 1. The molecule has 1 aliphatic rings. The summed E-state index contributed by atoms with van der Waals surface area (Å²) in [5, 5.41) is 3.08. The SMILES string of the molecule is O=C(Nc1ccccc1Sc1ccccc1)c1ccc(CN2CCCCC2)cc1. The number of amides is 1. The van der Waals surface area contributed by atoms with E-state index < -0.39 is 0 Å². The van der Waals surface area contributed by atoms with Crippen molar-refractivity contribution in [3.63, 3.8) is 0 Å². The van der Waals surface area contributed by atoms with Gasteiger partial charge in [0.1, 0.15) is 0 Å². The molecular formula is C25H26N2OS. The highest BCUT2D eigenvalue weighted by Crippen LogP contribution is 2.33. The van der Waals surface area contributed by atoms with Gasteiger partial charge in [-0.25, -0.2) is 0 Å². The number of rotatable bonds is 6. The fourth-order valence-corrected chi connectivity index (χ4v) is 4.53. The van der Waals surface area contributed by atoms with Crippen molar-refractivity contribution < 1.29 is 4.79 Å². The Morgan fingerprint density at radius 1 is 0.828 bits per heavy atom. The van der Waals surface area contributed by atoms with Crippen LogP contribution in [-0.2, 0) is 6.54 Å². The number of nitrogens with one attached hydrogen (secondary N) is 1. The summed E-state index contributed by atoms with van der Waals surface area (Å²) in [5.74, 6) is -0.0735. The van der Waals surface area contributed by atoms with Gasteiger partial charge in [0, 0.05) is 21.9 Å². The van der Waals surface area contributed by atoms with Crippen molar-refractivity contribution in [3.8, 4) is 0 Å². The van der Waals surface area contributed by atoms with E-state index in [1.807, 2.05) is 54.6 Å². The lowest BCUT2D eigenvalue weighted by Crippen LogP contribution is -2.29. The van der Waals surface area contributed by atoms with Gasteiger partial charge in [0.25, 0.3) is 5.91 Å². The number of nitrogens with zero attached hydrogens (tertiary/aromatic N) is 1. The van der Waals surface area contributed by atoms with Crippen LogP contribution in [0.2, 0.25) is 0 Å². The summed E-state index contributed by atoms with van der Waals surface area (Å²) in [6.45, 7) is 3.33. The molecule has 0 radical (unpaired) electrons. The summed E-state index contributed by atoms with van der Waals surface area (Å²) in [6, 6.07) is 26.2. The van der Waals surface area contributed by atoms with Crippen LogP contribution in [0.3, 0.4) is 0 Å². The Kier molecular flexibility index (Phi) is 6.65. The largest absolute Gasteiger partial charge is 0.321 e. The van der Waals surface area contributed by atoms with Gasteiger partial charge in [0.2, 0.25) is 0 Å². The van der Waals surface area contributed by atoms with E-state index in [1.165, 1.54) is 37.9 Å². The van der Waals surface area contributed by atoms with Crippen LogP contribution >= 0.6 is 11.8 Å². The second kappa shape index (κ2) is 9.77. The van der Waals surface area contributed by atoms with Crippen molar-refractivity contribution >= 4 is 23.4 Å². The van der Waals surface area contributed by atoms with Crippen molar-refractivity contribution in [3.05, 3.63) is 90.0 Å². The molecule has 4 heteroatoms. The molecule has 1 heterocycles. The maximum atomic E-state index is 12.8.